The second kappa shape index (κ2) is 3.31. The van der Waals surface area contributed by atoms with Gasteiger partial charge >= 0.3 is 5.97 Å². The van der Waals surface area contributed by atoms with Crippen molar-refractivity contribution in [3.05, 3.63) is 29.0 Å². The molecule has 14 heavy (non-hydrogen) atoms. The number of aromatic nitrogens is 2. The van der Waals surface area contributed by atoms with Crippen LogP contribution in [0.5, 0.6) is 0 Å². The Bertz CT molecular complexity index is 493. The molecule has 0 aliphatic rings. The molecule has 0 aliphatic carbocycles. The van der Waals surface area contributed by atoms with Crippen LogP contribution in [0.2, 0.25) is 5.02 Å². The first-order valence-corrected chi connectivity index (χ1v) is 4.31. The molecule has 2 heterocycles. The molecule has 0 unspecified atom stereocenters. The van der Waals surface area contributed by atoms with Crippen LogP contribution in [0.15, 0.2) is 18.5 Å². The monoisotopic (exact) mass is 210 g/mol. The van der Waals surface area contributed by atoms with Gasteiger partial charge in [0.25, 0.3) is 0 Å². The first kappa shape index (κ1) is 9.02. The van der Waals surface area contributed by atoms with E-state index in [-0.39, 0.29) is 0 Å². The minimum absolute atomic E-state index is 0.418. The number of halogens is 1. The number of ether oxygens (including phenoxy) is 1. The number of methoxy groups -OCH3 is 1. The number of carbonyl (C=O) groups excluding carboxylic acids is 1. The smallest absolute Gasteiger partial charge is 0.338 e. The number of nitrogens with one attached hydrogen (secondary N) is 1. The second-order valence-corrected chi connectivity index (χ2v) is 3.12. The zero-order valence-corrected chi connectivity index (χ0v) is 8.13. The van der Waals surface area contributed by atoms with Crippen molar-refractivity contribution in [1.82, 2.24) is 9.97 Å². The van der Waals surface area contributed by atoms with Crippen LogP contribution in [0.4, 0.5) is 0 Å². The summed E-state index contributed by atoms with van der Waals surface area (Å²) in [5, 5.41) is 1.06. The van der Waals surface area contributed by atoms with Gasteiger partial charge in [-0.1, -0.05) is 11.6 Å². The van der Waals surface area contributed by atoms with Gasteiger partial charge in [-0.3, -0.25) is 0 Å². The van der Waals surface area contributed by atoms with Gasteiger partial charge in [-0.2, -0.15) is 0 Å². The van der Waals surface area contributed by atoms with Gasteiger partial charge in [0.05, 0.1) is 23.1 Å². The van der Waals surface area contributed by atoms with E-state index in [4.69, 9.17) is 11.6 Å². The van der Waals surface area contributed by atoms with Gasteiger partial charge in [0.2, 0.25) is 0 Å². The molecule has 0 amide bonds. The highest BCUT2D eigenvalue weighted by molar-refractivity contribution is 6.36. The molecule has 0 saturated heterocycles. The Morgan fingerprint density at radius 1 is 1.64 bits per heavy atom. The Morgan fingerprint density at radius 2 is 2.43 bits per heavy atom. The maximum atomic E-state index is 11.4. The Hall–Kier alpha value is -1.55. The molecule has 0 saturated carbocycles. The predicted molar refractivity (Wildman–Crippen MR) is 52.4 cm³/mol. The van der Waals surface area contributed by atoms with E-state index in [1.165, 1.54) is 13.3 Å². The average Bonchev–Trinajstić information content (AvgIpc) is 2.59. The first-order valence-electron chi connectivity index (χ1n) is 3.94. The number of carbonyl (C=O) groups is 1. The fourth-order valence-electron chi connectivity index (χ4n) is 1.30. The molecular weight excluding hydrogens is 204 g/mol. The van der Waals surface area contributed by atoms with Crippen LogP contribution < -0.4 is 0 Å². The molecule has 5 heteroatoms. The van der Waals surface area contributed by atoms with Gasteiger partial charge in [-0.25, -0.2) is 9.78 Å². The van der Waals surface area contributed by atoms with Crippen molar-refractivity contribution >= 4 is 28.6 Å². The van der Waals surface area contributed by atoms with E-state index in [0.717, 1.165) is 0 Å². The molecule has 0 bridgehead atoms. The summed E-state index contributed by atoms with van der Waals surface area (Å²) >= 11 is 5.90. The summed E-state index contributed by atoms with van der Waals surface area (Å²) in [6.45, 7) is 0. The van der Waals surface area contributed by atoms with Gasteiger partial charge < -0.3 is 9.72 Å². The summed E-state index contributed by atoms with van der Waals surface area (Å²) in [6.07, 6.45) is 3.12. The highest BCUT2D eigenvalue weighted by atomic mass is 35.5. The fourth-order valence-corrected chi connectivity index (χ4v) is 1.54. The van der Waals surface area contributed by atoms with Gasteiger partial charge in [0, 0.05) is 12.4 Å². The number of hydrogen-bond acceptors (Lipinski definition) is 3. The summed E-state index contributed by atoms with van der Waals surface area (Å²) < 4.78 is 4.63. The van der Waals surface area contributed by atoms with E-state index in [2.05, 4.69) is 14.7 Å². The number of fused-ring (bicyclic) bond motifs is 1. The molecule has 4 nitrogen and oxygen atoms in total. The number of aromatic amines is 1. The summed E-state index contributed by atoms with van der Waals surface area (Å²) in [7, 11) is 1.33. The highest BCUT2D eigenvalue weighted by Crippen LogP contribution is 2.25. The van der Waals surface area contributed by atoms with Gasteiger partial charge in [0.15, 0.2) is 0 Å². The van der Waals surface area contributed by atoms with Crippen molar-refractivity contribution < 1.29 is 9.53 Å². The Morgan fingerprint density at radius 3 is 3.14 bits per heavy atom. The molecule has 0 spiro atoms. The lowest BCUT2D eigenvalue weighted by atomic mass is 10.2. The van der Waals surface area contributed by atoms with Crippen molar-refractivity contribution in [1.29, 1.82) is 0 Å². The maximum Gasteiger partial charge on any atom is 0.338 e. The average molecular weight is 211 g/mol. The van der Waals surface area contributed by atoms with Crippen LogP contribution in [0.3, 0.4) is 0 Å². The number of H-pyrrole nitrogens is 1. The predicted octanol–water partition coefficient (Wildman–Crippen LogP) is 2.00. The third-order valence-electron chi connectivity index (χ3n) is 1.93. The number of nitrogens with zero attached hydrogens (tertiary/aromatic N) is 1. The minimum atomic E-state index is -0.418. The fraction of sp³-hybridized carbons (Fsp3) is 0.111. The number of rotatable bonds is 1. The van der Waals surface area contributed by atoms with Crippen LogP contribution in [0, 0.1) is 0 Å². The largest absolute Gasteiger partial charge is 0.465 e. The second-order valence-electron chi connectivity index (χ2n) is 2.71. The zero-order valence-electron chi connectivity index (χ0n) is 7.37. The summed E-state index contributed by atoms with van der Waals surface area (Å²) in [4.78, 5) is 18.2. The summed E-state index contributed by atoms with van der Waals surface area (Å²) in [5.74, 6) is -0.418. The highest BCUT2D eigenvalue weighted by Gasteiger charge is 2.14. The summed E-state index contributed by atoms with van der Waals surface area (Å²) in [6, 6.07) is 1.58. The van der Waals surface area contributed by atoms with Gasteiger partial charge in [-0.05, 0) is 6.07 Å². The van der Waals surface area contributed by atoms with E-state index in [0.29, 0.717) is 21.6 Å². The van der Waals surface area contributed by atoms with Crippen molar-refractivity contribution in [3.63, 3.8) is 0 Å². The SMILES string of the molecule is COC(=O)c1ccnc2[nH]cc(Cl)c12. The topological polar surface area (TPSA) is 55.0 Å². The third-order valence-corrected chi connectivity index (χ3v) is 2.23. The lowest BCUT2D eigenvalue weighted by molar-refractivity contribution is 0.0603. The standard InChI is InChI=1S/C9H7ClN2O2/c1-14-9(13)5-2-3-11-8-7(5)6(10)4-12-8/h2-4H,1H3,(H,11,12). The quantitative estimate of drug-likeness (QED) is 0.733. The third kappa shape index (κ3) is 1.24. The van der Waals surface area contributed by atoms with Crippen LogP contribution in [0.25, 0.3) is 11.0 Å². The molecule has 2 rings (SSSR count). The minimum Gasteiger partial charge on any atom is -0.465 e. The van der Waals surface area contributed by atoms with Crippen molar-refractivity contribution in [3.8, 4) is 0 Å². The molecule has 1 N–H and O–H groups in total. The Kier molecular flexibility index (Phi) is 2.13. The van der Waals surface area contributed by atoms with E-state index >= 15 is 0 Å². The van der Waals surface area contributed by atoms with Crippen LogP contribution in [0.1, 0.15) is 10.4 Å². The van der Waals surface area contributed by atoms with Gasteiger partial charge in [0.1, 0.15) is 5.65 Å². The molecule has 0 aromatic carbocycles. The summed E-state index contributed by atoms with van der Waals surface area (Å²) in [5.41, 5.74) is 1.00. The van der Waals surface area contributed by atoms with Crippen molar-refractivity contribution in [2.45, 2.75) is 0 Å². The zero-order chi connectivity index (χ0) is 10.1. The lowest BCUT2D eigenvalue weighted by Crippen LogP contribution is -2.01. The van der Waals surface area contributed by atoms with E-state index in [1.54, 1.807) is 12.3 Å². The van der Waals surface area contributed by atoms with Crippen LogP contribution in [-0.2, 0) is 4.74 Å². The van der Waals surface area contributed by atoms with Crippen molar-refractivity contribution in [2.75, 3.05) is 7.11 Å². The van der Waals surface area contributed by atoms with Crippen LogP contribution in [-0.4, -0.2) is 23.0 Å². The van der Waals surface area contributed by atoms with Gasteiger partial charge in [-0.15, -0.1) is 0 Å². The van der Waals surface area contributed by atoms with Crippen LogP contribution >= 0.6 is 11.6 Å². The maximum absolute atomic E-state index is 11.4. The Balaban J connectivity index is 2.75. The molecule has 2 aromatic rings. The molecular formula is C9H7ClN2O2. The Labute approximate surface area is 84.9 Å². The molecule has 0 atom stereocenters. The molecule has 2 aromatic heterocycles. The van der Waals surface area contributed by atoms with E-state index in [9.17, 15) is 4.79 Å². The molecule has 72 valence electrons. The number of esters is 1. The lowest BCUT2D eigenvalue weighted by Gasteiger charge is -2.00. The van der Waals surface area contributed by atoms with E-state index in [1.807, 2.05) is 0 Å². The number of pyridine rings is 1. The van der Waals surface area contributed by atoms with E-state index < -0.39 is 5.97 Å². The molecule has 0 fully saturated rings. The number of hydrogen-bond donors (Lipinski definition) is 1. The first-order chi connectivity index (χ1) is 6.74. The molecule has 0 radical (unpaired) electrons. The van der Waals surface area contributed by atoms with Crippen molar-refractivity contribution in [2.24, 2.45) is 0 Å². The normalized spacial score (nSPS) is 10.4. The molecule has 0 aliphatic heterocycles.